The third kappa shape index (κ3) is 4.11. The van der Waals surface area contributed by atoms with E-state index in [1.165, 1.54) is 4.90 Å². The molecule has 5 nitrogen and oxygen atoms in total. The summed E-state index contributed by atoms with van der Waals surface area (Å²) in [6.45, 7) is 4.27. The van der Waals surface area contributed by atoms with E-state index in [2.05, 4.69) is 5.32 Å². The van der Waals surface area contributed by atoms with E-state index in [-0.39, 0.29) is 6.03 Å². The zero-order chi connectivity index (χ0) is 11.1. The number of urea groups is 1. The SMILES string of the molecule is CCC[C@H](NC(=O)N(C)CC)C(=O)O. The molecule has 0 fully saturated rings. The van der Waals surface area contributed by atoms with Gasteiger partial charge in [-0.3, -0.25) is 0 Å². The van der Waals surface area contributed by atoms with Crippen molar-refractivity contribution >= 4 is 12.0 Å². The molecule has 0 rings (SSSR count). The standard InChI is InChI=1S/C9H18N2O3/c1-4-6-7(8(12)13)10-9(14)11(3)5-2/h7H,4-6H2,1-3H3,(H,10,14)(H,12,13)/t7-/m0/s1. The topological polar surface area (TPSA) is 69.6 Å². The molecular weight excluding hydrogens is 184 g/mol. The van der Waals surface area contributed by atoms with Gasteiger partial charge in [-0.15, -0.1) is 0 Å². The van der Waals surface area contributed by atoms with E-state index >= 15 is 0 Å². The lowest BCUT2D eigenvalue weighted by atomic mass is 10.2. The highest BCUT2D eigenvalue weighted by atomic mass is 16.4. The lowest BCUT2D eigenvalue weighted by Crippen LogP contribution is -2.46. The minimum absolute atomic E-state index is 0.339. The number of amides is 2. The molecule has 0 aliphatic rings. The number of nitrogens with one attached hydrogen (secondary N) is 1. The molecule has 0 aliphatic heterocycles. The van der Waals surface area contributed by atoms with Gasteiger partial charge in [0.2, 0.25) is 0 Å². The van der Waals surface area contributed by atoms with Crippen LogP contribution in [0.4, 0.5) is 4.79 Å². The average molecular weight is 202 g/mol. The van der Waals surface area contributed by atoms with Crippen LogP contribution >= 0.6 is 0 Å². The Hall–Kier alpha value is -1.26. The van der Waals surface area contributed by atoms with Crippen LogP contribution in [0.2, 0.25) is 0 Å². The maximum Gasteiger partial charge on any atom is 0.326 e. The summed E-state index contributed by atoms with van der Waals surface area (Å²) in [5, 5.41) is 11.2. The van der Waals surface area contributed by atoms with E-state index in [4.69, 9.17) is 5.11 Å². The van der Waals surface area contributed by atoms with E-state index in [0.717, 1.165) is 6.42 Å². The number of hydrogen-bond donors (Lipinski definition) is 2. The molecule has 0 aliphatic carbocycles. The highest BCUT2D eigenvalue weighted by Gasteiger charge is 2.19. The van der Waals surface area contributed by atoms with Gasteiger partial charge in [0.15, 0.2) is 0 Å². The van der Waals surface area contributed by atoms with Crippen molar-refractivity contribution < 1.29 is 14.7 Å². The van der Waals surface area contributed by atoms with Crippen molar-refractivity contribution in [1.29, 1.82) is 0 Å². The van der Waals surface area contributed by atoms with E-state index in [9.17, 15) is 9.59 Å². The van der Waals surface area contributed by atoms with E-state index < -0.39 is 12.0 Å². The molecule has 2 amide bonds. The summed E-state index contributed by atoms with van der Waals surface area (Å²) in [7, 11) is 1.63. The summed E-state index contributed by atoms with van der Waals surface area (Å²) in [4.78, 5) is 23.5. The van der Waals surface area contributed by atoms with Crippen LogP contribution in [0.1, 0.15) is 26.7 Å². The second-order valence-corrected chi connectivity index (χ2v) is 3.14. The molecule has 0 radical (unpaired) electrons. The van der Waals surface area contributed by atoms with Crippen LogP contribution < -0.4 is 5.32 Å². The third-order valence-corrected chi connectivity index (χ3v) is 1.99. The van der Waals surface area contributed by atoms with Gasteiger partial charge >= 0.3 is 12.0 Å². The van der Waals surface area contributed by atoms with Crippen LogP contribution in [0.5, 0.6) is 0 Å². The van der Waals surface area contributed by atoms with Gasteiger partial charge in [-0.05, 0) is 13.3 Å². The number of rotatable bonds is 5. The molecule has 1 atom stereocenters. The molecule has 0 aromatic rings. The van der Waals surface area contributed by atoms with Crippen molar-refractivity contribution in [2.24, 2.45) is 0 Å². The molecule has 0 aromatic carbocycles. The lowest BCUT2D eigenvalue weighted by Gasteiger charge is -2.19. The molecule has 0 spiro atoms. The summed E-state index contributed by atoms with van der Waals surface area (Å²) >= 11 is 0. The van der Waals surface area contributed by atoms with E-state index in [1.807, 2.05) is 13.8 Å². The first kappa shape index (κ1) is 12.7. The number of carboxylic acid groups (broad SMARTS) is 1. The van der Waals surface area contributed by atoms with Crippen LogP contribution in [0.25, 0.3) is 0 Å². The van der Waals surface area contributed by atoms with Crippen molar-refractivity contribution in [3.8, 4) is 0 Å². The van der Waals surface area contributed by atoms with Gasteiger partial charge < -0.3 is 15.3 Å². The number of carboxylic acids is 1. The number of carbonyl (C=O) groups is 2. The third-order valence-electron chi connectivity index (χ3n) is 1.99. The molecule has 82 valence electrons. The second kappa shape index (κ2) is 6.23. The second-order valence-electron chi connectivity index (χ2n) is 3.14. The monoisotopic (exact) mass is 202 g/mol. The number of nitrogens with zero attached hydrogens (tertiary/aromatic N) is 1. The minimum atomic E-state index is -0.982. The summed E-state index contributed by atoms with van der Waals surface area (Å²) < 4.78 is 0. The Bertz CT molecular complexity index is 206. The van der Waals surface area contributed by atoms with Gasteiger partial charge in [-0.25, -0.2) is 9.59 Å². The van der Waals surface area contributed by atoms with Gasteiger partial charge in [0.25, 0.3) is 0 Å². The van der Waals surface area contributed by atoms with Crippen LogP contribution in [0, 0.1) is 0 Å². The van der Waals surface area contributed by atoms with Crippen molar-refractivity contribution in [2.75, 3.05) is 13.6 Å². The Kier molecular flexibility index (Phi) is 5.67. The van der Waals surface area contributed by atoms with E-state index in [0.29, 0.717) is 13.0 Å². The lowest BCUT2D eigenvalue weighted by molar-refractivity contribution is -0.139. The summed E-state index contributed by atoms with van der Waals surface area (Å²) in [5.74, 6) is -0.982. The molecule has 0 aromatic heterocycles. The molecule has 0 heterocycles. The van der Waals surface area contributed by atoms with Crippen molar-refractivity contribution in [1.82, 2.24) is 10.2 Å². The number of aliphatic carboxylic acids is 1. The van der Waals surface area contributed by atoms with Crippen LogP contribution in [-0.2, 0) is 4.79 Å². The molecule has 0 saturated carbocycles. The zero-order valence-corrected chi connectivity index (χ0v) is 8.91. The Morgan fingerprint density at radius 1 is 1.43 bits per heavy atom. The fourth-order valence-corrected chi connectivity index (χ4v) is 0.949. The predicted octanol–water partition coefficient (Wildman–Crippen LogP) is 0.901. The van der Waals surface area contributed by atoms with Crippen LogP contribution in [-0.4, -0.2) is 41.6 Å². The Morgan fingerprint density at radius 3 is 2.36 bits per heavy atom. The molecule has 0 saturated heterocycles. The maximum absolute atomic E-state index is 11.3. The van der Waals surface area contributed by atoms with Gasteiger partial charge in [0.05, 0.1) is 0 Å². The largest absolute Gasteiger partial charge is 0.480 e. The van der Waals surface area contributed by atoms with E-state index in [1.54, 1.807) is 7.05 Å². The Balaban J connectivity index is 4.15. The average Bonchev–Trinajstić information content (AvgIpc) is 2.15. The van der Waals surface area contributed by atoms with Gasteiger partial charge in [-0.2, -0.15) is 0 Å². The summed E-state index contributed by atoms with van der Waals surface area (Å²) in [5.41, 5.74) is 0. The van der Waals surface area contributed by atoms with Gasteiger partial charge in [-0.1, -0.05) is 13.3 Å². The van der Waals surface area contributed by atoms with Crippen LogP contribution in [0.15, 0.2) is 0 Å². The van der Waals surface area contributed by atoms with Crippen molar-refractivity contribution in [3.63, 3.8) is 0 Å². The molecule has 0 unspecified atom stereocenters. The smallest absolute Gasteiger partial charge is 0.326 e. The quantitative estimate of drug-likeness (QED) is 0.696. The van der Waals surface area contributed by atoms with Gasteiger partial charge in [0, 0.05) is 13.6 Å². The van der Waals surface area contributed by atoms with Crippen LogP contribution in [0.3, 0.4) is 0 Å². The summed E-state index contributed by atoms with van der Waals surface area (Å²) in [6.07, 6.45) is 1.19. The summed E-state index contributed by atoms with van der Waals surface area (Å²) in [6, 6.07) is -1.12. The number of carbonyl (C=O) groups excluding carboxylic acids is 1. The normalized spacial score (nSPS) is 11.9. The van der Waals surface area contributed by atoms with Gasteiger partial charge in [0.1, 0.15) is 6.04 Å². The molecular formula is C9H18N2O3. The van der Waals surface area contributed by atoms with Crippen molar-refractivity contribution in [2.45, 2.75) is 32.7 Å². The molecule has 2 N–H and O–H groups in total. The fourth-order valence-electron chi connectivity index (χ4n) is 0.949. The minimum Gasteiger partial charge on any atom is -0.480 e. The predicted molar refractivity (Wildman–Crippen MR) is 53.2 cm³/mol. The molecule has 0 bridgehead atoms. The highest BCUT2D eigenvalue weighted by molar-refractivity contribution is 5.82. The Labute approximate surface area is 84.1 Å². The first-order valence-electron chi connectivity index (χ1n) is 4.77. The maximum atomic E-state index is 11.3. The number of hydrogen-bond acceptors (Lipinski definition) is 2. The molecule has 14 heavy (non-hydrogen) atoms. The highest BCUT2D eigenvalue weighted by Crippen LogP contribution is 1.97. The molecule has 5 heteroatoms. The van der Waals surface area contributed by atoms with Crippen molar-refractivity contribution in [3.05, 3.63) is 0 Å². The Morgan fingerprint density at radius 2 is 2.00 bits per heavy atom. The first-order chi connectivity index (χ1) is 6.52. The zero-order valence-electron chi connectivity index (χ0n) is 8.91. The first-order valence-corrected chi connectivity index (χ1v) is 4.77. The fraction of sp³-hybridized carbons (Fsp3) is 0.778.